The Balaban J connectivity index is 1.34. The van der Waals surface area contributed by atoms with E-state index in [2.05, 4.69) is 46.8 Å². The van der Waals surface area contributed by atoms with Crippen molar-refractivity contribution in [2.24, 2.45) is 0 Å². The third kappa shape index (κ3) is 6.47. The zero-order chi connectivity index (χ0) is 25.6. The molecule has 0 aromatic carbocycles. The van der Waals surface area contributed by atoms with Gasteiger partial charge in [0.2, 0.25) is 5.95 Å². The Bertz CT molecular complexity index is 1060. The second-order valence-corrected chi connectivity index (χ2v) is 11.0. The topological polar surface area (TPSA) is 89.4 Å². The normalized spacial score (nSPS) is 25.4. The average molecular weight is 528 g/mol. The molecular formula is C27H41N7O2S. The summed E-state index contributed by atoms with van der Waals surface area (Å²) in [6.07, 6.45) is 14.9. The molecule has 0 radical (unpaired) electrons. The largest absolute Gasteiger partial charge is 0.379 e. The molecule has 1 unspecified atom stereocenters. The molecule has 10 heteroatoms. The molecule has 9 nitrogen and oxygen atoms in total. The molecule has 1 saturated carbocycles. The summed E-state index contributed by atoms with van der Waals surface area (Å²) in [7, 11) is 0. The summed E-state index contributed by atoms with van der Waals surface area (Å²) in [6.45, 7) is 9.72. The Morgan fingerprint density at radius 1 is 1.08 bits per heavy atom. The third-order valence-corrected chi connectivity index (χ3v) is 8.39. The predicted octanol–water partition coefficient (Wildman–Crippen LogP) is 4.97. The lowest BCUT2D eigenvalue weighted by Gasteiger charge is -2.39. The van der Waals surface area contributed by atoms with Crippen LogP contribution in [0, 0.1) is 0 Å². The van der Waals surface area contributed by atoms with E-state index in [9.17, 15) is 0 Å². The molecule has 0 spiro atoms. The van der Waals surface area contributed by atoms with E-state index < -0.39 is 0 Å². The van der Waals surface area contributed by atoms with Crippen LogP contribution in [-0.4, -0.2) is 82.5 Å². The number of ether oxygens (including phenoxy) is 2. The van der Waals surface area contributed by atoms with E-state index in [1.807, 2.05) is 17.1 Å². The Hall–Kier alpha value is -2.14. The first-order chi connectivity index (χ1) is 18.1. The van der Waals surface area contributed by atoms with Crippen LogP contribution >= 0.6 is 11.8 Å². The number of nitrogens with one attached hydrogen (secondary N) is 2. The van der Waals surface area contributed by atoms with Crippen LogP contribution in [0.15, 0.2) is 23.5 Å². The van der Waals surface area contributed by atoms with Crippen LogP contribution in [0.1, 0.15) is 64.0 Å². The van der Waals surface area contributed by atoms with Crippen LogP contribution in [-0.2, 0) is 9.47 Å². The molecule has 2 aromatic rings. The third-order valence-electron chi connectivity index (χ3n) is 7.71. The summed E-state index contributed by atoms with van der Waals surface area (Å²) in [4.78, 5) is 12.5. The van der Waals surface area contributed by atoms with Crippen molar-refractivity contribution in [1.29, 1.82) is 0 Å². The number of nitrogens with zero attached hydrogens (tertiary/aromatic N) is 5. The second-order valence-electron chi connectivity index (χ2n) is 10.2. The molecule has 202 valence electrons. The molecule has 2 aromatic heterocycles. The monoisotopic (exact) mass is 527 g/mol. The minimum atomic E-state index is 0.298. The zero-order valence-electron chi connectivity index (χ0n) is 22.4. The molecule has 2 aliphatic heterocycles. The van der Waals surface area contributed by atoms with Gasteiger partial charge in [0, 0.05) is 38.0 Å². The molecule has 2 N–H and O–H groups in total. The molecule has 1 aliphatic carbocycles. The van der Waals surface area contributed by atoms with Crippen LogP contribution in [0.5, 0.6) is 0 Å². The van der Waals surface area contributed by atoms with E-state index in [1.54, 1.807) is 11.8 Å². The zero-order valence-corrected chi connectivity index (χ0v) is 23.2. The highest BCUT2D eigenvalue weighted by molar-refractivity contribution is 7.98. The number of rotatable bonds is 9. The first-order valence-electron chi connectivity index (χ1n) is 13.7. The Morgan fingerprint density at radius 3 is 2.59 bits per heavy atom. The minimum Gasteiger partial charge on any atom is -0.379 e. The quantitative estimate of drug-likeness (QED) is 0.347. The lowest BCUT2D eigenvalue weighted by molar-refractivity contribution is 0.00790. The second kappa shape index (κ2) is 12.6. The van der Waals surface area contributed by atoms with Gasteiger partial charge < -0.3 is 20.1 Å². The van der Waals surface area contributed by atoms with Crippen LogP contribution in [0.4, 0.5) is 17.5 Å². The lowest BCUT2D eigenvalue weighted by Crippen LogP contribution is -2.46. The number of thioether (sulfide) groups is 1. The van der Waals surface area contributed by atoms with Crippen LogP contribution < -0.4 is 10.6 Å². The average Bonchev–Trinajstić information content (AvgIpc) is 3.62. The number of anilines is 3. The summed E-state index contributed by atoms with van der Waals surface area (Å²) in [6, 6.07) is 1.38. The maximum absolute atomic E-state index is 5.56. The van der Waals surface area contributed by atoms with Gasteiger partial charge in [0.1, 0.15) is 10.8 Å². The van der Waals surface area contributed by atoms with E-state index in [4.69, 9.17) is 19.4 Å². The lowest BCUT2D eigenvalue weighted by atomic mass is 9.89. The highest BCUT2D eigenvalue weighted by atomic mass is 32.2. The van der Waals surface area contributed by atoms with Crippen molar-refractivity contribution in [1.82, 2.24) is 24.6 Å². The first-order valence-corrected chi connectivity index (χ1v) is 15.0. The fourth-order valence-electron chi connectivity index (χ4n) is 5.70. The molecule has 0 bridgehead atoms. The van der Waals surface area contributed by atoms with Crippen molar-refractivity contribution < 1.29 is 9.47 Å². The van der Waals surface area contributed by atoms with E-state index in [0.29, 0.717) is 30.7 Å². The van der Waals surface area contributed by atoms with Gasteiger partial charge in [0.25, 0.3) is 0 Å². The van der Waals surface area contributed by atoms with Crippen molar-refractivity contribution in [3.05, 3.63) is 24.0 Å². The van der Waals surface area contributed by atoms with E-state index in [0.717, 1.165) is 80.7 Å². The van der Waals surface area contributed by atoms with Gasteiger partial charge in [0.05, 0.1) is 43.3 Å². The number of hydrogen-bond acceptors (Lipinski definition) is 9. The highest BCUT2D eigenvalue weighted by Crippen LogP contribution is 2.35. The molecule has 37 heavy (non-hydrogen) atoms. The van der Waals surface area contributed by atoms with E-state index in [1.165, 1.54) is 18.4 Å². The van der Waals surface area contributed by atoms with Crippen LogP contribution in [0.3, 0.4) is 0 Å². The SMILES string of the molecule is CC/C=C(\C)c1c(NC2CCC(N3CCOCC3)CC2)nc(Nc2cnn(C3CCOC3)c2)nc1SC. The molecule has 3 aliphatic rings. The van der Waals surface area contributed by atoms with Crippen molar-refractivity contribution in [3.63, 3.8) is 0 Å². The fourth-order valence-corrected chi connectivity index (χ4v) is 6.33. The highest BCUT2D eigenvalue weighted by Gasteiger charge is 2.28. The molecule has 3 fully saturated rings. The van der Waals surface area contributed by atoms with Gasteiger partial charge in [0.15, 0.2) is 0 Å². The molecule has 5 rings (SSSR count). The van der Waals surface area contributed by atoms with Gasteiger partial charge in [-0.05, 0) is 57.3 Å². The van der Waals surface area contributed by atoms with Crippen molar-refractivity contribution in [3.8, 4) is 0 Å². The predicted molar refractivity (Wildman–Crippen MR) is 150 cm³/mol. The standard InChI is InChI=1S/C27H41N7O2S/c1-4-5-19(2)24-25(29-20-6-8-22(9-7-20)33-11-14-35-15-12-33)31-27(32-26(24)37-3)30-21-16-28-34(17-21)23-10-13-36-18-23/h5,16-17,20,22-23H,4,6-15,18H2,1-3H3,(H2,29,30,31,32)/b19-5+. The number of morpholine rings is 1. The van der Waals surface area contributed by atoms with Crippen molar-refractivity contribution in [2.75, 3.05) is 56.4 Å². The van der Waals surface area contributed by atoms with Gasteiger partial charge in [-0.1, -0.05) is 13.0 Å². The molecular weight excluding hydrogens is 486 g/mol. The maximum atomic E-state index is 5.56. The first kappa shape index (κ1) is 26.5. The van der Waals surface area contributed by atoms with Gasteiger partial charge in [-0.25, -0.2) is 4.98 Å². The number of hydrogen-bond donors (Lipinski definition) is 2. The van der Waals surface area contributed by atoms with Gasteiger partial charge in [-0.15, -0.1) is 11.8 Å². The van der Waals surface area contributed by atoms with E-state index in [-0.39, 0.29) is 0 Å². The van der Waals surface area contributed by atoms with Gasteiger partial charge >= 0.3 is 0 Å². The summed E-state index contributed by atoms with van der Waals surface area (Å²) in [5.74, 6) is 1.53. The van der Waals surface area contributed by atoms with Crippen LogP contribution in [0.2, 0.25) is 0 Å². The molecule has 0 amide bonds. The summed E-state index contributed by atoms with van der Waals surface area (Å²) in [5.41, 5.74) is 3.23. The fraction of sp³-hybridized carbons (Fsp3) is 0.667. The minimum absolute atomic E-state index is 0.298. The smallest absolute Gasteiger partial charge is 0.230 e. The van der Waals surface area contributed by atoms with Crippen LogP contribution in [0.25, 0.3) is 5.57 Å². The van der Waals surface area contributed by atoms with Crippen molar-refractivity contribution >= 4 is 34.8 Å². The van der Waals surface area contributed by atoms with Gasteiger partial charge in [-0.2, -0.15) is 10.1 Å². The molecule has 1 atom stereocenters. The summed E-state index contributed by atoms with van der Waals surface area (Å²) >= 11 is 1.67. The molecule has 2 saturated heterocycles. The van der Waals surface area contributed by atoms with E-state index >= 15 is 0 Å². The Labute approximate surface area is 224 Å². The Kier molecular flexibility index (Phi) is 9.02. The van der Waals surface area contributed by atoms with Gasteiger partial charge in [-0.3, -0.25) is 9.58 Å². The number of allylic oxidation sites excluding steroid dienone is 2. The maximum Gasteiger partial charge on any atom is 0.230 e. The Morgan fingerprint density at radius 2 is 1.89 bits per heavy atom. The van der Waals surface area contributed by atoms with Crippen molar-refractivity contribution in [2.45, 2.75) is 75.5 Å². The molecule has 4 heterocycles. The number of aromatic nitrogens is 4. The summed E-state index contributed by atoms with van der Waals surface area (Å²) in [5, 5.41) is 12.8. The summed E-state index contributed by atoms with van der Waals surface area (Å²) < 4.78 is 13.1.